The number of hydrogen-bond acceptors (Lipinski definition) is 3. The number of anilines is 1. The third-order valence-electron chi connectivity index (χ3n) is 3.73. The fourth-order valence-electron chi connectivity index (χ4n) is 2.70. The highest BCUT2D eigenvalue weighted by Gasteiger charge is 2.18. The van der Waals surface area contributed by atoms with E-state index in [9.17, 15) is 0 Å². The molecule has 0 amide bonds. The van der Waals surface area contributed by atoms with Gasteiger partial charge in [0.15, 0.2) is 0 Å². The van der Waals surface area contributed by atoms with Crippen LogP contribution in [0.2, 0.25) is 0 Å². The first kappa shape index (κ1) is 13.3. The molecular formula is C15H25N3. The van der Waals surface area contributed by atoms with E-state index in [1.165, 1.54) is 38.0 Å². The molecule has 0 spiro atoms. The second kappa shape index (κ2) is 6.74. The van der Waals surface area contributed by atoms with Crippen molar-refractivity contribution in [2.24, 2.45) is 5.92 Å². The number of piperidine rings is 1. The van der Waals surface area contributed by atoms with Gasteiger partial charge in [-0.15, -0.1) is 0 Å². The van der Waals surface area contributed by atoms with Gasteiger partial charge >= 0.3 is 0 Å². The Morgan fingerprint density at radius 1 is 1.39 bits per heavy atom. The molecule has 100 valence electrons. The van der Waals surface area contributed by atoms with Crippen molar-refractivity contribution in [1.29, 1.82) is 0 Å². The first-order chi connectivity index (χ1) is 8.81. The van der Waals surface area contributed by atoms with Crippen molar-refractivity contribution in [1.82, 2.24) is 9.88 Å². The summed E-state index contributed by atoms with van der Waals surface area (Å²) in [5.74, 6) is 1.88. The molecule has 1 aliphatic rings. The number of nitrogens with one attached hydrogen (secondary N) is 1. The van der Waals surface area contributed by atoms with Gasteiger partial charge in [0, 0.05) is 19.6 Å². The Labute approximate surface area is 111 Å². The lowest BCUT2D eigenvalue weighted by atomic mass is 9.95. The van der Waals surface area contributed by atoms with Gasteiger partial charge in [-0.2, -0.15) is 0 Å². The maximum absolute atomic E-state index is 4.65. The standard InChI is InChI=1S/C15H25N3/c1-3-13-7-6-10-18(11-13)12-14-8-5-9-15(17-14)16-4-2/h5,8-9,13H,3-4,6-7,10-12H2,1-2H3,(H,16,17). The smallest absolute Gasteiger partial charge is 0.126 e. The maximum atomic E-state index is 4.65. The van der Waals surface area contributed by atoms with Gasteiger partial charge in [0.2, 0.25) is 0 Å². The Kier molecular flexibility index (Phi) is 5.00. The highest BCUT2D eigenvalue weighted by molar-refractivity contribution is 5.34. The molecule has 0 aliphatic carbocycles. The average molecular weight is 247 g/mol. The highest BCUT2D eigenvalue weighted by Crippen LogP contribution is 2.20. The lowest BCUT2D eigenvalue weighted by Gasteiger charge is -2.31. The van der Waals surface area contributed by atoms with Crippen LogP contribution in [0.15, 0.2) is 18.2 Å². The number of hydrogen-bond donors (Lipinski definition) is 1. The molecular weight excluding hydrogens is 222 g/mol. The lowest BCUT2D eigenvalue weighted by molar-refractivity contribution is 0.163. The van der Waals surface area contributed by atoms with E-state index < -0.39 is 0 Å². The SMILES string of the molecule is CCNc1cccc(CN2CCCC(CC)C2)n1. The topological polar surface area (TPSA) is 28.2 Å². The molecule has 1 aliphatic heterocycles. The first-order valence-electron chi connectivity index (χ1n) is 7.24. The third kappa shape index (κ3) is 3.70. The Morgan fingerprint density at radius 2 is 2.28 bits per heavy atom. The van der Waals surface area contributed by atoms with Gasteiger partial charge in [-0.05, 0) is 44.4 Å². The van der Waals surface area contributed by atoms with Gasteiger partial charge in [0.05, 0.1) is 5.69 Å². The summed E-state index contributed by atoms with van der Waals surface area (Å²) >= 11 is 0. The summed E-state index contributed by atoms with van der Waals surface area (Å²) in [6.45, 7) is 8.80. The maximum Gasteiger partial charge on any atom is 0.126 e. The number of likely N-dealkylation sites (tertiary alicyclic amines) is 1. The molecule has 2 rings (SSSR count). The van der Waals surface area contributed by atoms with Crippen molar-refractivity contribution in [2.45, 2.75) is 39.7 Å². The predicted molar refractivity (Wildman–Crippen MR) is 76.7 cm³/mol. The van der Waals surface area contributed by atoms with E-state index in [0.717, 1.165) is 24.8 Å². The summed E-state index contributed by atoms with van der Waals surface area (Å²) in [6.07, 6.45) is 4.05. The molecule has 0 saturated carbocycles. The second-order valence-corrected chi connectivity index (χ2v) is 5.20. The lowest BCUT2D eigenvalue weighted by Crippen LogP contribution is -2.34. The molecule has 1 atom stereocenters. The van der Waals surface area contributed by atoms with Crippen LogP contribution < -0.4 is 5.32 Å². The zero-order valence-corrected chi connectivity index (χ0v) is 11.7. The summed E-state index contributed by atoms with van der Waals surface area (Å²) in [5, 5.41) is 3.28. The quantitative estimate of drug-likeness (QED) is 0.866. The third-order valence-corrected chi connectivity index (χ3v) is 3.73. The van der Waals surface area contributed by atoms with E-state index in [-0.39, 0.29) is 0 Å². The van der Waals surface area contributed by atoms with Crippen LogP contribution in [0.4, 0.5) is 5.82 Å². The van der Waals surface area contributed by atoms with Crippen LogP contribution in [-0.2, 0) is 6.54 Å². The minimum absolute atomic E-state index is 0.885. The summed E-state index contributed by atoms with van der Waals surface area (Å²) < 4.78 is 0. The number of aromatic nitrogens is 1. The number of rotatable bonds is 5. The average Bonchev–Trinajstić information content (AvgIpc) is 2.40. The van der Waals surface area contributed by atoms with E-state index >= 15 is 0 Å². The molecule has 0 radical (unpaired) electrons. The van der Waals surface area contributed by atoms with E-state index in [1.54, 1.807) is 0 Å². The van der Waals surface area contributed by atoms with Crippen molar-refractivity contribution in [3.05, 3.63) is 23.9 Å². The molecule has 1 N–H and O–H groups in total. The molecule has 3 nitrogen and oxygen atoms in total. The Morgan fingerprint density at radius 3 is 3.06 bits per heavy atom. The van der Waals surface area contributed by atoms with Crippen LogP contribution in [0.1, 0.15) is 38.8 Å². The van der Waals surface area contributed by atoms with Crippen LogP contribution in [0.3, 0.4) is 0 Å². The van der Waals surface area contributed by atoms with Gasteiger partial charge < -0.3 is 5.32 Å². The largest absolute Gasteiger partial charge is 0.370 e. The van der Waals surface area contributed by atoms with E-state index in [4.69, 9.17) is 0 Å². The van der Waals surface area contributed by atoms with E-state index in [0.29, 0.717) is 0 Å². The zero-order chi connectivity index (χ0) is 12.8. The molecule has 1 aromatic heterocycles. The zero-order valence-electron chi connectivity index (χ0n) is 11.7. The van der Waals surface area contributed by atoms with Crippen molar-refractivity contribution in [3.8, 4) is 0 Å². The highest BCUT2D eigenvalue weighted by atomic mass is 15.1. The molecule has 0 bridgehead atoms. The second-order valence-electron chi connectivity index (χ2n) is 5.20. The van der Waals surface area contributed by atoms with Crippen LogP contribution in [-0.4, -0.2) is 29.5 Å². The Balaban J connectivity index is 1.93. The molecule has 1 saturated heterocycles. The van der Waals surface area contributed by atoms with Crippen LogP contribution in [0.25, 0.3) is 0 Å². The van der Waals surface area contributed by atoms with Crippen molar-refractivity contribution >= 4 is 5.82 Å². The first-order valence-corrected chi connectivity index (χ1v) is 7.24. The summed E-state index contributed by atoms with van der Waals surface area (Å²) in [6, 6.07) is 6.27. The molecule has 0 aromatic carbocycles. The minimum atomic E-state index is 0.885. The Bertz CT molecular complexity index is 365. The molecule has 1 fully saturated rings. The summed E-state index contributed by atoms with van der Waals surface area (Å²) in [4.78, 5) is 7.21. The molecule has 18 heavy (non-hydrogen) atoms. The van der Waals surface area contributed by atoms with Gasteiger partial charge in [0.25, 0.3) is 0 Å². The van der Waals surface area contributed by atoms with Crippen molar-refractivity contribution in [3.63, 3.8) is 0 Å². The molecule has 1 unspecified atom stereocenters. The predicted octanol–water partition coefficient (Wildman–Crippen LogP) is 3.14. The van der Waals surface area contributed by atoms with Crippen LogP contribution in [0, 0.1) is 5.92 Å². The van der Waals surface area contributed by atoms with Gasteiger partial charge in [-0.3, -0.25) is 4.90 Å². The van der Waals surface area contributed by atoms with Crippen LogP contribution >= 0.6 is 0 Å². The molecule has 2 heterocycles. The van der Waals surface area contributed by atoms with Crippen LogP contribution in [0.5, 0.6) is 0 Å². The van der Waals surface area contributed by atoms with Gasteiger partial charge in [0.1, 0.15) is 5.82 Å². The van der Waals surface area contributed by atoms with Crippen molar-refractivity contribution < 1.29 is 0 Å². The molecule has 1 aromatic rings. The fourth-order valence-corrected chi connectivity index (χ4v) is 2.70. The van der Waals surface area contributed by atoms with E-state index in [2.05, 4.69) is 41.2 Å². The van der Waals surface area contributed by atoms with Crippen molar-refractivity contribution in [2.75, 3.05) is 25.0 Å². The summed E-state index contributed by atoms with van der Waals surface area (Å²) in [5.41, 5.74) is 1.19. The monoisotopic (exact) mass is 247 g/mol. The summed E-state index contributed by atoms with van der Waals surface area (Å²) in [7, 11) is 0. The fraction of sp³-hybridized carbons (Fsp3) is 0.667. The number of nitrogens with zero attached hydrogens (tertiary/aromatic N) is 2. The van der Waals surface area contributed by atoms with E-state index in [1.807, 2.05) is 6.07 Å². The van der Waals surface area contributed by atoms with Gasteiger partial charge in [-0.1, -0.05) is 19.4 Å². The Hall–Kier alpha value is -1.09. The number of pyridine rings is 1. The molecule has 3 heteroatoms. The van der Waals surface area contributed by atoms with Gasteiger partial charge in [-0.25, -0.2) is 4.98 Å². The minimum Gasteiger partial charge on any atom is -0.370 e. The normalized spacial score (nSPS) is 20.9.